The summed E-state index contributed by atoms with van der Waals surface area (Å²) in [5.41, 5.74) is -0.219. The van der Waals surface area contributed by atoms with Crippen LogP contribution in [0.4, 0.5) is 0 Å². The number of carbonyl (C=O) groups is 1. The molecule has 0 unspecified atom stereocenters. The molecule has 0 heterocycles. The lowest BCUT2D eigenvalue weighted by Gasteiger charge is -2.25. The second kappa shape index (κ2) is 4.45. The Labute approximate surface area is 90.3 Å². The van der Waals surface area contributed by atoms with Gasteiger partial charge in [0.15, 0.2) is 0 Å². The number of carbonyl (C=O) groups excluding carboxylic acids is 1. The topological polar surface area (TPSA) is 40.5 Å². The molecule has 3 heteroatoms. The molecule has 0 spiro atoms. The molecule has 0 fully saturated rings. The van der Waals surface area contributed by atoms with Crippen LogP contribution < -0.4 is 0 Å². The first-order valence-electron chi connectivity index (χ1n) is 4.93. The first-order valence-corrected chi connectivity index (χ1v) is 4.93. The Morgan fingerprint density at radius 3 is 2.33 bits per heavy atom. The Hall–Kier alpha value is -1.35. The number of nitrogens with zero attached hydrogens (tertiary/aromatic N) is 1. The number of likely N-dealkylation sites (N-methyl/N-ethyl adjacent to an activating group) is 1. The van der Waals surface area contributed by atoms with E-state index in [9.17, 15) is 9.90 Å². The van der Waals surface area contributed by atoms with Crippen molar-refractivity contribution < 1.29 is 9.90 Å². The van der Waals surface area contributed by atoms with Crippen LogP contribution in [0.2, 0.25) is 0 Å². The van der Waals surface area contributed by atoms with E-state index in [1.54, 1.807) is 33.0 Å². The van der Waals surface area contributed by atoms with Gasteiger partial charge in [-0.2, -0.15) is 0 Å². The molecule has 1 aromatic carbocycles. The summed E-state index contributed by atoms with van der Waals surface area (Å²) < 4.78 is 0. The zero-order chi connectivity index (χ0) is 11.5. The third kappa shape index (κ3) is 3.72. The monoisotopic (exact) mass is 207 g/mol. The van der Waals surface area contributed by atoms with Gasteiger partial charge in [0.2, 0.25) is 0 Å². The molecule has 1 N–H and O–H groups in total. The minimum absolute atomic E-state index is 0.0716. The molecule has 82 valence electrons. The highest BCUT2D eigenvalue weighted by atomic mass is 16.3. The lowest BCUT2D eigenvalue weighted by molar-refractivity contribution is 0.0368. The van der Waals surface area contributed by atoms with Gasteiger partial charge >= 0.3 is 0 Å². The summed E-state index contributed by atoms with van der Waals surface area (Å²) in [6, 6.07) is 9.05. The maximum atomic E-state index is 11.8. The van der Waals surface area contributed by atoms with Gasteiger partial charge in [-0.25, -0.2) is 0 Å². The van der Waals surface area contributed by atoms with Crippen molar-refractivity contribution in [1.29, 1.82) is 0 Å². The van der Waals surface area contributed by atoms with Crippen molar-refractivity contribution in [3.63, 3.8) is 0 Å². The summed E-state index contributed by atoms with van der Waals surface area (Å²) in [4.78, 5) is 13.4. The molecule has 0 saturated heterocycles. The third-order valence-corrected chi connectivity index (χ3v) is 1.99. The van der Waals surface area contributed by atoms with Crippen LogP contribution in [-0.4, -0.2) is 35.1 Å². The fourth-order valence-corrected chi connectivity index (χ4v) is 1.45. The molecule has 1 rings (SSSR count). The van der Waals surface area contributed by atoms with E-state index in [-0.39, 0.29) is 5.91 Å². The summed E-state index contributed by atoms with van der Waals surface area (Å²) in [5, 5.41) is 9.59. The number of hydrogen-bond donors (Lipinski definition) is 1. The fourth-order valence-electron chi connectivity index (χ4n) is 1.45. The maximum absolute atomic E-state index is 11.8. The van der Waals surface area contributed by atoms with Crippen molar-refractivity contribution in [2.24, 2.45) is 0 Å². The minimum atomic E-state index is -0.862. The van der Waals surface area contributed by atoms with E-state index in [0.29, 0.717) is 12.1 Å². The second-order valence-corrected chi connectivity index (χ2v) is 4.34. The number of rotatable bonds is 3. The van der Waals surface area contributed by atoms with Crippen molar-refractivity contribution in [1.82, 2.24) is 4.90 Å². The summed E-state index contributed by atoms with van der Waals surface area (Å²) in [7, 11) is 1.69. The highest BCUT2D eigenvalue weighted by Crippen LogP contribution is 2.08. The van der Waals surface area contributed by atoms with Crippen LogP contribution >= 0.6 is 0 Å². The molecule has 0 aliphatic carbocycles. The Bertz CT molecular complexity index is 327. The summed E-state index contributed by atoms with van der Waals surface area (Å²) in [5.74, 6) is -0.0716. The van der Waals surface area contributed by atoms with Crippen LogP contribution in [0.3, 0.4) is 0 Å². The molecular weight excluding hydrogens is 190 g/mol. The van der Waals surface area contributed by atoms with Crippen LogP contribution in [-0.2, 0) is 0 Å². The molecule has 0 bridgehead atoms. The van der Waals surface area contributed by atoms with E-state index in [1.165, 1.54) is 4.90 Å². The molecule has 0 aliphatic heterocycles. The van der Waals surface area contributed by atoms with Crippen LogP contribution in [0.15, 0.2) is 30.3 Å². The fraction of sp³-hybridized carbons (Fsp3) is 0.417. The van der Waals surface area contributed by atoms with Crippen LogP contribution in [0.25, 0.3) is 0 Å². The van der Waals surface area contributed by atoms with E-state index in [4.69, 9.17) is 0 Å². The van der Waals surface area contributed by atoms with Gasteiger partial charge in [-0.05, 0) is 26.0 Å². The number of aliphatic hydroxyl groups is 1. The normalized spacial score (nSPS) is 11.2. The standard InChI is InChI=1S/C12H17NO2/c1-12(2,15)9-13(3)11(14)10-7-5-4-6-8-10/h4-8,15H,9H2,1-3H3. The largest absolute Gasteiger partial charge is 0.389 e. The van der Waals surface area contributed by atoms with Crippen LogP contribution in [0, 0.1) is 0 Å². The van der Waals surface area contributed by atoms with Crippen LogP contribution in [0.1, 0.15) is 24.2 Å². The van der Waals surface area contributed by atoms with E-state index >= 15 is 0 Å². The average Bonchev–Trinajstić information content (AvgIpc) is 2.15. The molecule has 0 atom stereocenters. The molecule has 0 aliphatic rings. The maximum Gasteiger partial charge on any atom is 0.253 e. The molecule has 3 nitrogen and oxygen atoms in total. The van der Waals surface area contributed by atoms with Crippen LogP contribution in [0.5, 0.6) is 0 Å². The van der Waals surface area contributed by atoms with Crippen molar-refractivity contribution in [3.8, 4) is 0 Å². The number of hydrogen-bond acceptors (Lipinski definition) is 2. The van der Waals surface area contributed by atoms with Crippen molar-refractivity contribution in [2.75, 3.05) is 13.6 Å². The molecule has 15 heavy (non-hydrogen) atoms. The summed E-state index contributed by atoms with van der Waals surface area (Å²) >= 11 is 0. The molecule has 1 amide bonds. The first kappa shape index (κ1) is 11.7. The van der Waals surface area contributed by atoms with E-state index < -0.39 is 5.60 Å². The Balaban J connectivity index is 2.70. The average molecular weight is 207 g/mol. The van der Waals surface area contributed by atoms with Gasteiger partial charge in [0.25, 0.3) is 5.91 Å². The smallest absolute Gasteiger partial charge is 0.253 e. The lowest BCUT2D eigenvalue weighted by Crippen LogP contribution is -2.39. The highest BCUT2D eigenvalue weighted by Gasteiger charge is 2.19. The predicted molar refractivity (Wildman–Crippen MR) is 59.7 cm³/mol. The minimum Gasteiger partial charge on any atom is -0.389 e. The Morgan fingerprint density at radius 2 is 1.87 bits per heavy atom. The summed E-state index contributed by atoms with van der Waals surface area (Å²) in [6.07, 6.45) is 0. The van der Waals surface area contributed by atoms with Gasteiger partial charge in [-0.1, -0.05) is 18.2 Å². The van der Waals surface area contributed by atoms with E-state index in [2.05, 4.69) is 0 Å². The molecule has 1 aromatic rings. The Kier molecular flexibility index (Phi) is 3.48. The molecule has 0 saturated carbocycles. The zero-order valence-corrected chi connectivity index (χ0v) is 9.40. The lowest BCUT2D eigenvalue weighted by atomic mass is 10.1. The van der Waals surface area contributed by atoms with Gasteiger partial charge in [-0.15, -0.1) is 0 Å². The van der Waals surface area contributed by atoms with E-state index in [1.807, 2.05) is 18.2 Å². The van der Waals surface area contributed by atoms with E-state index in [0.717, 1.165) is 0 Å². The third-order valence-electron chi connectivity index (χ3n) is 1.99. The highest BCUT2D eigenvalue weighted by molar-refractivity contribution is 5.94. The number of benzene rings is 1. The molecule has 0 radical (unpaired) electrons. The predicted octanol–water partition coefficient (Wildman–Crippen LogP) is 1.53. The van der Waals surface area contributed by atoms with Crippen molar-refractivity contribution in [2.45, 2.75) is 19.4 Å². The van der Waals surface area contributed by atoms with Gasteiger partial charge in [0, 0.05) is 19.2 Å². The Morgan fingerprint density at radius 1 is 1.33 bits per heavy atom. The first-order chi connectivity index (χ1) is 6.90. The van der Waals surface area contributed by atoms with Gasteiger partial charge < -0.3 is 10.0 Å². The van der Waals surface area contributed by atoms with Crippen molar-refractivity contribution in [3.05, 3.63) is 35.9 Å². The number of amides is 1. The second-order valence-electron chi connectivity index (χ2n) is 4.34. The molecular formula is C12H17NO2. The zero-order valence-electron chi connectivity index (χ0n) is 9.40. The molecule has 0 aromatic heterocycles. The van der Waals surface area contributed by atoms with Crippen molar-refractivity contribution >= 4 is 5.91 Å². The van der Waals surface area contributed by atoms with Gasteiger partial charge in [0.1, 0.15) is 0 Å². The quantitative estimate of drug-likeness (QED) is 0.816. The summed E-state index contributed by atoms with van der Waals surface area (Å²) in [6.45, 7) is 3.68. The SMILES string of the molecule is CN(CC(C)(C)O)C(=O)c1ccccc1. The van der Waals surface area contributed by atoms with Gasteiger partial charge in [-0.3, -0.25) is 4.79 Å². The van der Waals surface area contributed by atoms with Gasteiger partial charge in [0.05, 0.1) is 5.60 Å².